The Morgan fingerprint density at radius 2 is 1.77 bits per heavy atom. The Morgan fingerprint density at radius 1 is 1.15 bits per heavy atom. The maximum atomic E-state index is 12.0. The van der Waals surface area contributed by atoms with Crippen LogP contribution in [-0.4, -0.2) is 24.3 Å². The van der Waals surface area contributed by atoms with Crippen LogP contribution in [-0.2, 0) is 19.1 Å². The Hall–Kier alpha value is -1.28. The van der Waals surface area contributed by atoms with E-state index >= 15 is 0 Å². The second kappa shape index (κ2) is 13.0. The molecule has 0 saturated heterocycles. The maximum absolute atomic E-state index is 12.0. The van der Waals surface area contributed by atoms with Crippen molar-refractivity contribution < 1.29 is 58.5 Å². The van der Waals surface area contributed by atoms with Crippen molar-refractivity contribution in [2.24, 2.45) is 0 Å². The van der Waals surface area contributed by atoms with Crippen LogP contribution in [0, 0.1) is 0 Å². The fourth-order valence-electron chi connectivity index (χ4n) is 2.08. The summed E-state index contributed by atoms with van der Waals surface area (Å²) in [6.45, 7) is 3.25. The zero-order chi connectivity index (χ0) is 18.8. The number of carboxylic acids is 1. The molecule has 1 aromatic carbocycles. The van der Waals surface area contributed by atoms with Gasteiger partial charge in [0, 0.05) is 24.3 Å². The van der Waals surface area contributed by atoms with E-state index < -0.39 is 30.4 Å². The Morgan fingerprint density at radius 3 is 2.31 bits per heavy atom. The summed E-state index contributed by atoms with van der Waals surface area (Å²) in [6.07, 6.45) is -1.15. The summed E-state index contributed by atoms with van der Waals surface area (Å²) < 4.78 is 9.89. The third kappa shape index (κ3) is 10.0. The minimum absolute atomic E-state index is 0. The van der Waals surface area contributed by atoms with E-state index in [9.17, 15) is 19.5 Å². The van der Waals surface area contributed by atoms with Crippen molar-refractivity contribution in [2.75, 3.05) is 0 Å². The van der Waals surface area contributed by atoms with Crippen LogP contribution in [0.4, 0.5) is 4.79 Å². The van der Waals surface area contributed by atoms with Crippen LogP contribution >= 0.6 is 11.6 Å². The first kappa shape index (κ1) is 24.7. The molecule has 1 rings (SSSR count). The largest absolute Gasteiger partial charge is 1.00 e. The summed E-state index contributed by atoms with van der Waals surface area (Å²) >= 11 is 5.83. The van der Waals surface area contributed by atoms with E-state index in [4.69, 9.17) is 21.1 Å². The number of alkyl carbamates (subject to hydrolysis) is 1. The summed E-state index contributed by atoms with van der Waals surface area (Å²) in [5.41, 5.74) is 0.665. The molecule has 0 aliphatic rings. The predicted molar refractivity (Wildman–Crippen MR) is 88.5 cm³/mol. The molecule has 1 N–H and O–H groups in total. The normalized spacial score (nSPS) is 12.3. The van der Waals surface area contributed by atoms with Gasteiger partial charge >= 0.3 is 41.6 Å². The molecule has 2 atom stereocenters. The number of amides is 1. The minimum atomic E-state index is -1.23. The van der Waals surface area contributed by atoms with Crippen molar-refractivity contribution in [3.05, 3.63) is 34.9 Å². The molecule has 0 aliphatic heterocycles. The number of carboxylic acid groups (broad SMARTS) is 1. The fourth-order valence-corrected chi connectivity index (χ4v) is 2.20. The standard InChI is InChI=1S/C17H22ClNO6.Na/c1-3-4-16(22)24-11(2)25-17(23)19-14(9-10-15(20)21)12-5-7-13(18)8-6-12;/h5-8,11,14H,3-4,9-10H2,1-2H3,(H,19,23)(H,20,21);/q;+1/p-1. The number of esters is 1. The first-order valence-electron chi connectivity index (χ1n) is 7.93. The van der Waals surface area contributed by atoms with Gasteiger partial charge in [-0.05, 0) is 37.0 Å². The van der Waals surface area contributed by atoms with E-state index in [0.29, 0.717) is 17.0 Å². The van der Waals surface area contributed by atoms with Crippen molar-refractivity contribution in [3.63, 3.8) is 0 Å². The third-order valence-electron chi connectivity index (χ3n) is 3.23. The monoisotopic (exact) mass is 393 g/mol. The Bertz CT molecular complexity index is 595. The van der Waals surface area contributed by atoms with Crippen molar-refractivity contribution in [2.45, 2.75) is 51.9 Å². The Balaban J connectivity index is 0.00000625. The number of nitrogens with one attached hydrogen (secondary N) is 1. The first-order chi connectivity index (χ1) is 11.8. The van der Waals surface area contributed by atoms with Crippen LogP contribution < -0.4 is 40.0 Å². The van der Waals surface area contributed by atoms with Crippen molar-refractivity contribution in [1.29, 1.82) is 0 Å². The molecule has 26 heavy (non-hydrogen) atoms. The molecule has 0 saturated carbocycles. The molecule has 0 bridgehead atoms. The molecular weight excluding hydrogens is 373 g/mol. The van der Waals surface area contributed by atoms with Crippen LogP contribution in [0.1, 0.15) is 51.1 Å². The molecular formula is C17H21ClNNaO6. The van der Waals surface area contributed by atoms with E-state index in [2.05, 4.69) is 5.32 Å². The summed E-state index contributed by atoms with van der Waals surface area (Å²) in [5, 5.41) is 13.8. The second-order valence-electron chi connectivity index (χ2n) is 5.37. The molecule has 7 nitrogen and oxygen atoms in total. The number of carbonyl (C=O) groups is 3. The first-order valence-corrected chi connectivity index (χ1v) is 8.31. The topological polar surface area (TPSA) is 105 Å². The van der Waals surface area contributed by atoms with Gasteiger partial charge in [-0.2, -0.15) is 0 Å². The fraction of sp³-hybridized carbons (Fsp3) is 0.471. The predicted octanol–water partition coefficient (Wildman–Crippen LogP) is -0.669. The van der Waals surface area contributed by atoms with E-state index in [-0.39, 0.29) is 48.8 Å². The Labute approximate surface area is 179 Å². The van der Waals surface area contributed by atoms with Crippen molar-refractivity contribution >= 4 is 29.6 Å². The minimum Gasteiger partial charge on any atom is -0.550 e. The molecule has 138 valence electrons. The van der Waals surface area contributed by atoms with Gasteiger partial charge in [-0.15, -0.1) is 0 Å². The molecule has 1 aromatic rings. The summed E-state index contributed by atoms with van der Waals surface area (Å²) in [6, 6.07) is 6.00. The number of benzene rings is 1. The SMILES string of the molecule is CCCC(=O)OC(C)OC(=O)NC(CCC(=O)[O-])c1ccc(Cl)cc1.[Na+]. The molecule has 9 heteroatoms. The summed E-state index contributed by atoms with van der Waals surface area (Å²) in [5.74, 6) is -1.69. The molecule has 0 aromatic heterocycles. The van der Waals surface area contributed by atoms with Gasteiger partial charge in [0.05, 0.1) is 6.04 Å². The second-order valence-corrected chi connectivity index (χ2v) is 5.81. The number of carbonyl (C=O) groups excluding carboxylic acids is 3. The zero-order valence-electron chi connectivity index (χ0n) is 15.1. The summed E-state index contributed by atoms with van der Waals surface area (Å²) in [7, 11) is 0. The van der Waals surface area contributed by atoms with Crippen LogP contribution in [0.2, 0.25) is 5.02 Å². The zero-order valence-corrected chi connectivity index (χ0v) is 17.9. The average Bonchev–Trinajstić information content (AvgIpc) is 2.52. The molecule has 2 unspecified atom stereocenters. The summed E-state index contributed by atoms with van der Waals surface area (Å²) in [4.78, 5) is 34.0. The van der Waals surface area contributed by atoms with Gasteiger partial charge in [0.15, 0.2) is 0 Å². The van der Waals surface area contributed by atoms with Crippen LogP contribution in [0.25, 0.3) is 0 Å². The van der Waals surface area contributed by atoms with Gasteiger partial charge in [0.1, 0.15) is 0 Å². The van der Waals surface area contributed by atoms with Gasteiger partial charge < -0.3 is 24.7 Å². The van der Waals surface area contributed by atoms with Crippen molar-refractivity contribution in [3.8, 4) is 0 Å². The van der Waals surface area contributed by atoms with Gasteiger partial charge in [-0.25, -0.2) is 4.79 Å². The van der Waals surface area contributed by atoms with Gasteiger partial charge in [-0.3, -0.25) is 4.79 Å². The molecule has 0 spiro atoms. The van der Waals surface area contributed by atoms with Crippen LogP contribution in [0.15, 0.2) is 24.3 Å². The molecule has 0 fully saturated rings. The van der Waals surface area contributed by atoms with E-state index in [1.165, 1.54) is 6.92 Å². The Kier molecular flexibility index (Phi) is 12.3. The molecule has 1 amide bonds. The molecule has 0 heterocycles. The number of rotatable bonds is 9. The average molecular weight is 394 g/mol. The van der Waals surface area contributed by atoms with Crippen LogP contribution in [0.5, 0.6) is 0 Å². The number of halogens is 1. The van der Waals surface area contributed by atoms with E-state index in [1.807, 2.05) is 6.92 Å². The van der Waals surface area contributed by atoms with Gasteiger partial charge in [-0.1, -0.05) is 30.7 Å². The van der Waals surface area contributed by atoms with E-state index in [0.717, 1.165) is 0 Å². The number of hydrogen-bond donors (Lipinski definition) is 1. The maximum Gasteiger partial charge on any atom is 1.00 e. The molecule has 0 aliphatic carbocycles. The van der Waals surface area contributed by atoms with Crippen LogP contribution in [0.3, 0.4) is 0 Å². The number of hydrogen-bond acceptors (Lipinski definition) is 6. The van der Waals surface area contributed by atoms with Crippen molar-refractivity contribution in [1.82, 2.24) is 5.32 Å². The smallest absolute Gasteiger partial charge is 0.550 e. The van der Waals surface area contributed by atoms with Gasteiger partial charge in [0.2, 0.25) is 6.29 Å². The van der Waals surface area contributed by atoms with E-state index in [1.54, 1.807) is 24.3 Å². The molecule has 0 radical (unpaired) electrons. The number of aliphatic carboxylic acids is 1. The quantitative estimate of drug-likeness (QED) is 0.339. The van der Waals surface area contributed by atoms with Gasteiger partial charge in [0.25, 0.3) is 0 Å². The third-order valence-corrected chi connectivity index (χ3v) is 3.48. The number of ether oxygens (including phenoxy) is 2.